The van der Waals surface area contributed by atoms with Gasteiger partial charge in [0.05, 0.1) is 0 Å². The van der Waals surface area contributed by atoms with Crippen molar-refractivity contribution >= 4 is 35.0 Å². The Labute approximate surface area is 201 Å². The molecule has 0 aliphatic heterocycles. The molecule has 0 bridgehead atoms. The predicted octanol–water partition coefficient (Wildman–Crippen LogP) is 5.69. The van der Waals surface area contributed by atoms with E-state index in [2.05, 4.69) is 12.2 Å². The topological polar surface area (TPSA) is 49.4 Å². The van der Waals surface area contributed by atoms with Gasteiger partial charge in [-0.1, -0.05) is 66.6 Å². The van der Waals surface area contributed by atoms with E-state index in [0.717, 1.165) is 42.4 Å². The Kier molecular flexibility index (Phi) is 9.01. The lowest BCUT2D eigenvalue weighted by molar-refractivity contribution is -0.139. The van der Waals surface area contributed by atoms with Crippen LogP contribution in [0.3, 0.4) is 0 Å². The molecule has 32 heavy (non-hydrogen) atoms. The zero-order valence-electron chi connectivity index (χ0n) is 18.8. The van der Waals surface area contributed by atoms with Crippen molar-refractivity contribution in [1.82, 2.24) is 10.2 Å². The van der Waals surface area contributed by atoms with Gasteiger partial charge < -0.3 is 10.2 Å². The van der Waals surface area contributed by atoms with Crippen molar-refractivity contribution in [2.45, 2.75) is 58.0 Å². The molecule has 2 amide bonds. The average molecular weight is 475 g/mol. The molecule has 3 rings (SSSR count). The minimum absolute atomic E-state index is 0.142. The van der Waals surface area contributed by atoms with E-state index < -0.39 is 6.04 Å². The fraction of sp³-hybridized carbons (Fsp3) is 0.462. The summed E-state index contributed by atoms with van der Waals surface area (Å²) in [4.78, 5) is 28.1. The van der Waals surface area contributed by atoms with Gasteiger partial charge in [-0.25, -0.2) is 0 Å². The van der Waals surface area contributed by atoms with E-state index in [1.54, 1.807) is 4.90 Å². The summed E-state index contributed by atoms with van der Waals surface area (Å²) in [7, 11) is 0. The first-order chi connectivity index (χ1) is 15.4. The SMILES string of the molecule is Cc1ccc([C@@H](C(=O)NC2CCC(C)CC2)N(CCc2ccccc2Cl)C(=O)CCl)cc1. The molecule has 0 spiro atoms. The van der Waals surface area contributed by atoms with Gasteiger partial charge in [0, 0.05) is 17.6 Å². The van der Waals surface area contributed by atoms with Crippen molar-refractivity contribution in [2.75, 3.05) is 12.4 Å². The van der Waals surface area contributed by atoms with Gasteiger partial charge in [-0.05, 0) is 62.1 Å². The number of hydrogen-bond donors (Lipinski definition) is 1. The largest absolute Gasteiger partial charge is 0.351 e. The van der Waals surface area contributed by atoms with Gasteiger partial charge in [-0.2, -0.15) is 0 Å². The molecule has 1 aliphatic carbocycles. The molecule has 2 aromatic rings. The lowest BCUT2D eigenvalue weighted by Crippen LogP contribution is -2.48. The average Bonchev–Trinajstić information content (AvgIpc) is 2.79. The van der Waals surface area contributed by atoms with E-state index in [1.807, 2.05) is 55.5 Å². The lowest BCUT2D eigenvalue weighted by Gasteiger charge is -2.34. The van der Waals surface area contributed by atoms with Gasteiger partial charge >= 0.3 is 0 Å². The van der Waals surface area contributed by atoms with Crippen LogP contribution >= 0.6 is 23.2 Å². The third-order valence-corrected chi connectivity index (χ3v) is 6.93. The van der Waals surface area contributed by atoms with Crippen LogP contribution in [0.2, 0.25) is 5.02 Å². The smallest absolute Gasteiger partial charge is 0.247 e. The van der Waals surface area contributed by atoms with Gasteiger partial charge in [0.25, 0.3) is 0 Å². The maximum atomic E-state index is 13.5. The number of carbonyl (C=O) groups is 2. The molecule has 0 aromatic heterocycles. The van der Waals surface area contributed by atoms with Gasteiger partial charge in [-0.3, -0.25) is 9.59 Å². The predicted molar refractivity (Wildman–Crippen MR) is 131 cm³/mol. The summed E-state index contributed by atoms with van der Waals surface area (Å²) in [6.45, 7) is 4.60. The van der Waals surface area contributed by atoms with Gasteiger partial charge in [0.2, 0.25) is 11.8 Å². The number of amides is 2. The fourth-order valence-corrected chi connectivity index (χ4v) is 4.71. The fourth-order valence-electron chi connectivity index (χ4n) is 4.32. The van der Waals surface area contributed by atoms with E-state index in [-0.39, 0.29) is 23.7 Å². The number of hydrogen-bond acceptors (Lipinski definition) is 2. The van der Waals surface area contributed by atoms with Crippen LogP contribution in [0, 0.1) is 12.8 Å². The van der Waals surface area contributed by atoms with E-state index in [1.165, 1.54) is 0 Å². The maximum Gasteiger partial charge on any atom is 0.247 e. The lowest BCUT2D eigenvalue weighted by atomic mass is 9.87. The van der Waals surface area contributed by atoms with Crippen LogP contribution < -0.4 is 5.32 Å². The second kappa shape index (κ2) is 11.7. The summed E-state index contributed by atoms with van der Waals surface area (Å²) >= 11 is 12.3. The van der Waals surface area contributed by atoms with Crippen LogP contribution in [0.25, 0.3) is 0 Å². The molecule has 0 heterocycles. The number of aryl methyl sites for hydroxylation is 1. The Morgan fingerprint density at radius 3 is 2.34 bits per heavy atom. The number of alkyl halides is 1. The summed E-state index contributed by atoms with van der Waals surface area (Å²) in [5, 5.41) is 3.87. The number of benzene rings is 2. The molecule has 0 saturated heterocycles. The number of halogens is 2. The summed E-state index contributed by atoms with van der Waals surface area (Å²) < 4.78 is 0. The molecular weight excluding hydrogens is 443 g/mol. The van der Waals surface area contributed by atoms with Crippen LogP contribution in [-0.4, -0.2) is 35.2 Å². The molecule has 1 aliphatic rings. The van der Waals surface area contributed by atoms with Crippen molar-refractivity contribution in [1.29, 1.82) is 0 Å². The van der Waals surface area contributed by atoms with E-state index in [9.17, 15) is 9.59 Å². The molecule has 2 aromatic carbocycles. The standard InChI is InChI=1S/C26H32Cl2N2O2/c1-18-7-11-21(12-8-18)25(26(32)29-22-13-9-19(2)10-14-22)30(24(31)17-27)16-15-20-5-3-4-6-23(20)28/h3-8,11-12,19,22,25H,9-10,13-17H2,1-2H3,(H,29,32)/t19?,22?,25-/m0/s1. The Morgan fingerprint density at radius 1 is 1.06 bits per heavy atom. The van der Waals surface area contributed by atoms with Crippen molar-refractivity contribution in [3.8, 4) is 0 Å². The summed E-state index contributed by atoms with van der Waals surface area (Å²) in [6.07, 6.45) is 4.69. The van der Waals surface area contributed by atoms with E-state index in [0.29, 0.717) is 23.9 Å². The molecule has 4 nitrogen and oxygen atoms in total. The minimum atomic E-state index is -0.733. The van der Waals surface area contributed by atoms with E-state index >= 15 is 0 Å². The maximum absolute atomic E-state index is 13.5. The second-order valence-electron chi connectivity index (χ2n) is 8.84. The number of nitrogens with zero attached hydrogens (tertiary/aromatic N) is 1. The van der Waals surface area contributed by atoms with Crippen molar-refractivity contribution in [3.05, 3.63) is 70.2 Å². The third kappa shape index (κ3) is 6.49. The summed E-state index contributed by atoms with van der Waals surface area (Å²) in [6, 6.07) is 14.8. The highest BCUT2D eigenvalue weighted by Gasteiger charge is 2.32. The van der Waals surface area contributed by atoms with Gasteiger partial charge in [-0.15, -0.1) is 11.6 Å². The molecule has 6 heteroatoms. The van der Waals surface area contributed by atoms with Crippen molar-refractivity contribution in [3.63, 3.8) is 0 Å². The van der Waals surface area contributed by atoms with Crippen LogP contribution in [0.15, 0.2) is 48.5 Å². The highest BCUT2D eigenvalue weighted by atomic mass is 35.5. The zero-order valence-corrected chi connectivity index (χ0v) is 20.3. The monoisotopic (exact) mass is 474 g/mol. The molecular formula is C26H32Cl2N2O2. The quantitative estimate of drug-likeness (QED) is 0.499. The first-order valence-electron chi connectivity index (χ1n) is 11.3. The molecule has 1 fully saturated rings. The second-order valence-corrected chi connectivity index (χ2v) is 9.52. The van der Waals surface area contributed by atoms with Crippen LogP contribution in [-0.2, 0) is 16.0 Å². The third-order valence-electron chi connectivity index (χ3n) is 6.33. The van der Waals surface area contributed by atoms with E-state index in [4.69, 9.17) is 23.2 Å². The highest BCUT2D eigenvalue weighted by molar-refractivity contribution is 6.31. The Morgan fingerprint density at radius 2 is 1.72 bits per heavy atom. The molecule has 0 radical (unpaired) electrons. The number of rotatable bonds is 8. The van der Waals surface area contributed by atoms with Crippen LogP contribution in [0.4, 0.5) is 0 Å². The first-order valence-corrected chi connectivity index (χ1v) is 12.3. The Balaban J connectivity index is 1.86. The minimum Gasteiger partial charge on any atom is -0.351 e. The Hall–Kier alpha value is -2.04. The van der Waals surface area contributed by atoms with Crippen LogP contribution in [0.5, 0.6) is 0 Å². The van der Waals surface area contributed by atoms with Crippen molar-refractivity contribution < 1.29 is 9.59 Å². The van der Waals surface area contributed by atoms with Gasteiger partial charge in [0.15, 0.2) is 0 Å². The first kappa shape index (κ1) is 24.6. The van der Waals surface area contributed by atoms with Gasteiger partial charge in [0.1, 0.15) is 11.9 Å². The summed E-state index contributed by atoms with van der Waals surface area (Å²) in [5.41, 5.74) is 2.82. The molecule has 1 atom stereocenters. The number of carbonyl (C=O) groups excluding carboxylic acids is 2. The number of nitrogens with one attached hydrogen (secondary N) is 1. The van der Waals surface area contributed by atoms with Crippen LogP contribution in [0.1, 0.15) is 55.3 Å². The highest BCUT2D eigenvalue weighted by Crippen LogP contribution is 2.27. The molecule has 1 N–H and O–H groups in total. The molecule has 0 unspecified atom stereocenters. The summed E-state index contributed by atoms with van der Waals surface area (Å²) in [5.74, 6) is 0.0998. The molecule has 1 saturated carbocycles. The normalized spacial score (nSPS) is 19.2. The zero-order chi connectivity index (χ0) is 23.1. The van der Waals surface area contributed by atoms with Crippen molar-refractivity contribution in [2.24, 2.45) is 5.92 Å². The Bertz CT molecular complexity index is 908. The molecule has 172 valence electrons.